The van der Waals surface area contributed by atoms with E-state index in [-0.39, 0.29) is 13.0 Å². The fraction of sp³-hybridized carbons (Fsp3) is 0.357. The predicted octanol–water partition coefficient (Wildman–Crippen LogP) is 2.78. The lowest BCUT2D eigenvalue weighted by molar-refractivity contribution is -0.160. The summed E-state index contributed by atoms with van der Waals surface area (Å²) in [5, 5.41) is 0. The van der Waals surface area contributed by atoms with Crippen LogP contribution in [0.15, 0.2) is 36.9 Å². The van der Waals surface area contributed by atoms with Gasteiger partial charge < -0.3 is 10.6 Å². The number of para-hydroxylation sites is 1. The first-order valence-electron chi connectivity index (χ1n) is 6.12. The summed E-state index contributed by atoms with van der Waals surface area (Å²) in [6, 6.07) is 6.98. The minimum atomic E-state index is -4.41. The van der Waals surface area contributed by atoms with Crippen molar-refractivity contribution < 1.29 is 18.0 Å². The molecule has 0 heterocycles. The standard InChI is InChI=1S/C14H17F3N2O/c1-2-9-19(10-14(15,16)17)13(20)8-7-11-5-3-4-6-12(11)18/h2-6H,1,7-10,18H2. The molecular formula is C14H17F3N2O. The Morgan fingerprint density at radius 1 is 1.35 bits per heavy atom. The van der Waals surface area contributed by atoms with Gasteiger partial charge >= 0.3 is 6.18 Å². The zero-order valence-corrected chi connectivity index (χ0v) is 11.0. The molecule has 0 unspecified atom stereocenters. The summed E-state index contributed by atoms with van der Waals surface area (Å²) in [5.74, 6) is -0.564. The molecule has 0 spiro atoms. The van der Waals surface area contributed by atoms with Crippen LogP contribution in [0.1, 0.15) is 12.0 Å². The molecule has 1 amide bonds. The lowest BCUT2D eigenvalue weighted by Crippen LogP contribution is -2.39. The number of hydrogen-bond donors (Lipinski definition) is 1. The minimum absolute atomic E-state index is 0.0157. The van der Waals surface area contributed by atoms with Gasteiger partial charge in [0.05, 0.1) is 0 Å². The average Bonchev–Trinajstić information content (AvgIpc) is 2.35. The average molecular weight is 286 g/mol. The topological polar surface area (TPSA) is 46.3 Å². The van der Waals surface area contributed by atoms with Crippen LogP contribution in [0, 0.1) is 0 Å². The van der Waals surface area contributed by atoms with Crippen LogP contribution >= 0.6 is 0 Å². The molecule has 0 aliphatic rings. The van der Waals surface area contributed by atoms with Gasteiger partial charge in [0.2, 0.25) is 5.91 Å². The SMILES string of the molecule is C=CCN(CC(F)(F)F)C(=O)CCc1ccccc1N. The molecule has 20 heavy (non-hydrogen) atoms. The molecule has 2 N–H and O–H groups in total. The van der Waals surface area contributed by atoms with Gasteiger partial charge in [0.15, 0.2) is 0 Å². The second-order valence-electron chi connectivity index (χ2n) is 4.38. The van der Waals surface area contributed by atoms with Gasteiger partial charge in [0, 0.05) is 18.7 Å². The van der Waals surface area contributed by atoms with Crippen molar-refractivity contribution in [3.63, 3.8) is 0 Å². The van der Waals surface area contributed by atoms with Crippen molar-refractivity contribution in [2.45, 2.75) is 19.0 Å². The van der Waals surface area contributed by atoms with Crippen LogP contribution in [-0.4, -0.2) is 30.1 Å². The maximum absolute atomic E-state index is 12.4. The Labute approximate surface area is 115 Å². The normalized spacial score (nSPS) is 11.2. The Bertz CT molecular complexity index is 472. The van der Waals surface area contributed by atoms with Crippen molar-refractivity contribution in [1.82, 2.24) is 4.90 Å². The number of rotatable bonds is 6. The second kappa shape index (κ2) is 6.98. The van der Waals surface area contributed by atoms with Crippen LogP contribution in [0.5, 0.6) is 0 Å². The highest BCUT2D eigenvalue weighted by molar-refractivity contribution is 5.77. The zero-order valence-electron chi connectivity index (χ0n) is 11.0. The van der Waals surface area contributed by atoms with Crippen LogP contribution in [-0.2, 0) is 11.2 Å². The number of alkyl halides is 3. The monoisotopic (exact) mass is 286 g/mol. The number of amides is 1. The molecule has 1 aromatic carbocycles. The summed E-state index contributed by atoms with van der Waals surface area (Å²) in [7, 11) is 0. The molecule has 1 aromatic rings. The molecule has 0 saturated heterocycles. The van der Waals surface area contributed by atoms with Crippen molar-refractivity contribution in [2.24, 2.45) is 0 Å². The molecule has 0 saturated carbocycles. The maximum Gasteiger partial charge on any atom is 0.406 e. The van der Waals surface area contributed by atoms with E-state index in [1.165, 1.54) is 6.08 Å². The molecule has 0 aliphatic carbocycles. The van der Waals surface area contributed by atoms with Crippen LogP contribution < -0.4 is 5.73 Å². The number of nitrogen functional groups attached to an aromatic ring is 1. The predicted molar refractivity (Wildman–Crippen MR) is 72.0 cm³/mol. The summed E-state index contributed by atoms with van der Waals surface area (Å²) in [4.78, 5) is 12.6. The van der Waals surface area contributed by atoms with E-state index >= 15 is 0 Å². The third-order valence-electron chi connectivity index (χ3n) is 2.74. The van der Waals surface area contributed by atoms with E-state index in [1.54, 1.807) is 24.3 Å². The van der Waals surface area contributed by atoms with Crippen molar-refractivity contribution in [3.05, 3.63) is 42.5 Å². The van der Waals surface area contributed by atoms with Crippen molar-refractivity contribution in [3.8, 4) is 0 Å². The number of anilines is 1. The van der Waals surface area contributed by atoms with Gasteiger partial charge in [-0.3, -0.25) is 4.79 Å². The van der Waals surface area contributed by atoms with Crippen molar-refractivity contribution >= 4 is 11.6 Å². The minimum Gasteiger partial charge on any atom is -0.399 e. The number of nitrogens with two attached hydrogens (primary N) is 1. The highest BCUT2D eigenvalue weighted by atomic mass is 19.4. The first-order valence-corrected chi connectivity index (χ1v) is 6.12. The summed E-state index contributed by atoms with van der Waals surface area (Å²) in [6.07, 6.45) is -2.83. The number of nitrogens with zero attached hydrogens (tertiary/aromatic N) is 1. The Morgan fingerprint density at radius 3 is 2.55 bits per heavy atom. The molecule has 0 fully saturated rings. The molecule has 0 aliphatic heterocycles. The van der Waals surface area contributed by atoms with E-state index < -0.39 is 18.6 Å². The zero-order chi connectivity index (χ0) is 15.2. The molecule has 0 aromatic heterocycles. The van der Waals surface area contributed by atoms with Crippen LogP contribution in [0.4, 0.5) is 18.9 Å². The van der Waals surface area contributed by atoms with Gasteiger partial charge in [0.1, 0.15) is 6.54 Å². The Kier molecular flexibility index (Phi) is 5.61. The van der Waals surface area contributed by atoms with E-state index in [1.807, 2.05) is 0 Å². The number of carbonyl (C=O) groups excluding carboxylic acids is 1. The number of halogens is 3. The summed E-state index contributed by atoms with van der Waals surface area (Å²) >= 11 is 0. The summed E-state index contributed by atoms with van der Waals surface area (Å²) in [5.41, 5.74) is 7.01. The summed E-state index contributed by atoms with van der Waals surface area (Å²) < 4.78 is 37.1. The quantitative estimate of drug-likeness (QED) is 0.645. The van der Waals surface area contributed by atoms with Crippen LogP contribution in [0.25, 0.3) is 0 Å². The molecule has 3 nitrogen and oxygen atoms in total. The molecule has 0 atom stereocenters. The third-order valence-corrected chi connectivity index (χ3v) is 2.74. The molecule has 110 valence electrons. The van der Waals surface area contributed by atoms with E-state index in [9.17, 15) is 18.0 Å². The van der Waals surface area contributed by atoms with E-state index in [0.717, 1.165) is 10.5 Å². The number of benzene rings is 1. The molecule has 1 rings (SSSR count). The summed E-state index contributed by atoms with van der Waals surface area (Å²) in [6.45, 7) is 1.98. The van der Waals surface area contributed by atoms with Crippen LogP contribution in [0.2, 0.25) is 0 Å². The first kappa shape index (κ1) is 16.1. The van der Waals surface area contributed by atoms with Gasteiger partial charge in [-0.1, -0.05) is 24.3 Å². The number of carbonyl (C=O) groups is 1. The number of aryl methyl sites for hydroxylation is 1. The van der Waals surface area contributed by atoms with Gasteiger partial charge in [-0.2, -0.15) is 13.2 Å². The fourth-order valence-corrected chi connectivity index (χ4v) is 1.79. The largest absolute Gasteiger partial charge is 0.406 e. The Balaban J connectivity index is 2.62. The van der Waals surface area contributed by atoms with Gasteiger partial charge in [-0.15, -0.1) is 6.58 Å². The highest BCUT2D eigenvalue weighted by Gasteiger charge is 2.32. The Hall–Kier alpha value is -1.98. The highest BCUT2D eigenvalue weighted by Crippen LogP contribution is 2.18. The van der Waals surface area contributed by atoms with Gasteiger partial charge in [-0.05, 0) is 18.1 Å². The lowest BCUT2D eigenvalue weighted by atomic mass is 10.1. The molecule has 6 heteroatoms. The van der Waals surface area contributed by atoms with Crippen molar-refractivity contribution in [2.75, 3.05) is 18.8 Å². The van der Waals surface area contributed by atoms with Crippen molar-refractivity contribution in [1.29, 1.82) is 0 Å². The van der Waals surface area contributed by atoms with Gasteiger partial charge in [0.25, 0.3) is 0 Å². The maximum atomic E-state index is 12.4. The molecular weight excluding hydrogens is 269 g/mol. The smallest absolute Gasteiger partial charge is 0.399 e. The second-order valence-corrected chi connectivity index (χ2v) is 4.38. The molecule has 0 radical (unpaired) electrons. The lowest BCUT2D eigenvalue weighted by Gasteiger charge is -2.22. The third kappa shape index (κ3) is 5.34. The van der Waals surface area contributed by atoms with Gasteiger partial charge in [-0.25, -0.2) is 0 Å². The van der Waals surface area contributed by atoms with E-state index in [0.29, 0.717) is 12.1 Å². The van der Waals surface area contributed by atoms with E-state index in [2.05, 4.69) is 6.58 Å². The number of hydrogen-bond acceptors (Lipinski definition) is 2. The fourth-order valence-electron chi connectivity index (χ4n) is 1.79. The van der Waals surface area contributed by atoms with Crippen LogP contribution in [0.3, 0.4) is 0 Å². The first-order chi connectivity index (χ1) is 9.33. The Morgan fingerprint density at radius 2 is 2.00 bits per heavy atom. The van der Waals surface area contributed by atoms with E-state index in [4.69, 9.17) is 5.73 Å². The molecule has 0 bridgehead atoms.